The molecule has 1 aliphatic heterocycles. The Morgan fingerprint density at radius 1 is 1.00 bits per heavy atom. The minimum absolute atomic E-state index is 0.0241. The molecule has 180 valence electrons. The van der Waals surface area contributed by atoms with Crippen molar-refractivity contribution in [2.45, 2.75) is 12.5 Å². The highest BCUT2D eigenvalue weighted by atomic mass is 19.1. The third kappa shape index (κ3) is 4.15. The predicted octanol–water partition coefficient (Wildman–Crippen LogP) is 3.47. The second kappa shape index (κ2) is 9.12. The lowest BCUT2D eigenvalue weighted by Crippen LogP contribution is -2.36. The number of rotatable bonds is 5. The van der Waals surface area contributed by atoms with Crippen LogP contribution >= 0.6 is 0 Å². The number of anilines is 1. The van der Waals surface area contributed by atoms with Gasteiger partial charge in [0.25, 0.3) is 0 Å². The van der Waals surface area contributed by atoms with Crippen molar-refractivity contribution >= 4 is 16.6 Å². The van der Waals surface area contributed by atoms with E-state index in [1.54, 1.807) is 6.07 Å². The summed E-state index contributed by atoms with van der Waals surface area (Å²) >= 11 is 0. The normalized spacial score (nSPS) is 15.7. The first-order chi connectivity index (χ1) is 16.9. The quantitative estimate of drug-likeness (QED) is 0.465. The first kappa shape index (κ1) is 23.0. The highest BCUT2D eigenvalue weighted by Crippen LogP contribution is 2.37. The minimum Gasteiger partial charge on any atom is -0.480 e. The molecule has 1 saturated heterocycles. The van der Waals surface area contributed by atoms with Crippen molar-refractivity contribution in [3.8, 4) is 17.1 Å². The van der Waals surface area contributed by atoms with Crippen LogP contribution in [-0.2, 0) is 10.3 Å². The Balaban J connectivity index is 1.63. The Bertz CT molecular complexity index is 1390. The summed E-state index contributed by atoms with van der Waals surface area (Å²) in [4.78, 5) is 18.8. The first-order valence-corrected chi connectivity index (χ1v) is 11.1. The van der Waals surface area contributed by atoms with Gasteiger partial charge >= 0.3 is 0 Å². The highest BCUT2D eigenvalue weighted by molar-refractivity contribution is 5.94. The van der Waals surface area contributed by atoms with E-state index >= 15 is 8.78 Å². The topological polar surface area (TPSA) is 93.5 Å². The maximum Gasteiger partial charge on any atom is 0.238 e. The van der Waals surface area contributed by atoms with Crippen molar-refractivity contribution < 1.29 is 23.4 Å². The number of ether oxygens (including phenoxy) is 2. The van der Waals surface area contributed by atoms with Gasteiger partial charge in [-0.2, -0.15) is 0 Å². The molecular formula is C25H23F2N5O3. The molecule has 8 nitrogen and oxygen atoms in total. The van der Waals surface area contributed by atoms with Gasteiger partial charge in [-0.3, -0.25) is 4.98 Å². The van der Waals surface area contributed by atoms with Gasteiger partial charge in [0.05, 0.1) is 36.9 Å². The minimum atomic E-state index is -1.67. The summed E-state index contributed by atoms with van der Waals surface area (Å²) in [5, 5.41) is 11.4. The summed E-state index contributed by atoms with van der Waals surface area (Å²) in [5.41, 5.74) is -0.0666. The molecule has 1 N–H and O–H groups in total. The van der Waals surface area contributed by atoms with E-state index in [0.29, 0.717) is 43.1 Å². The number of methoxy groups -OCH3 is 1. The number of hydrogen-bond donors (Lipinski definition) is 1. The van der Waals surface area contributed by atoms with Gasteiger partial charge in [-0.15, -0.1) is 0 Å². The van der Waals surface area contributed by atoms with Gasteiger partial charge in [-0.25, -0.2) is 23.7 Å². The largest absolute Gasteiger partial charge is 0.480 e. The standard InChI is InChI=1S/C25H23F2N5O3/c1-25(33,23-24(34-2)29-6-5-28-23)15-3-4-18(26)17(11-15)22-21-19(27)12-16(13-20(21)30-14-31-22)32-7-9-35-10-8-32/h3-6,11-14,33H,7-10H2,1-2H3. The number of nitrogens with zero attached hydrogens (tertiary/aromatic N) is 5. The summed E-state index contributed by atoms with van der Waals surface area (Å²) in [5.74, 6) is -1.04. The molecule has 10 heteroatoms. The lowest BCUT2D eigenvalue weighted by Gasteiger charge is -2.29. The monoisotopic (exact) mass is 479 g/mol. The Hall–Kier alpha value is -3.76. The van der Waals surface area contributed by atoms with Crippen LogP contribution in [0, 0.1) is 11.6 Å². The Labute approximate surface area is 200 Å². The molecule has 0 saturated carbocycles. The number of aliphatic hydroxyl groups is 1. The molecule has 0 aliphatic carbocycles. The Kier molecular flexibility index (Phi) is 6.00. The van der Waals surface area contributed by atoms with Gasteiger partial charge in [-0.05, 0) is 36.8 Å². The van der Waals surface area contributed by atoms with Crippen molar-refractivity contribution in [2.75, 3.05) is 38.3 Å². The molecule has 5 rings (SSSR count). The van der Waals surface area contributed by atoms with Crippen LogP contribution < -0.4 is 9.64 Å². The second-order valence-corrected chi connectivity index (χ2v) is 8.32. The van der Waals surface area contributed by atoms with Crippen LogP contribution in [-0.4, -0.2) is 58.5 Å². The number of halogens is 2. The summed E-state index contributed by atoms with van der Waals surface area (Å²) in [6.07, 6.45) is 4.14. The zero-order chi connectivity index (χ0) is 24.6. The molecule has 2 aromatic heterocycles. The summed E-state index contributed by atoms with van der Waals surface area (Å²) in [6.45, 7) is 3.90. The van der Waals surface area contributed by atoms with E-state index in [9.17, 15) is 5.11 Å². The molecule has 0 spiro atoms. The summed E-state index contributed by atoms with van der Waals surface area (Å²) < 4.78 is 41.1. The fourth-order valence-corrected chi connectivity index (χ4v) is 4.29. The maximum atomic E-state index is 15.4. The first-order valence-electron chi connectivity index (χ1n) is 11.1. The number of benzene rings is 2. The summed E-state index contributed by atoms with van der Waals surface area (Å²) in [7, 11) is 1.42. The van der Waals surface area contributed by atoms with Gasteiger partial charge in [0.1, 0.15) is 29.3 Å². The fraction of sp³-hybridized carbons (Fsp3) is 0.280. The van der Waals surface area contributed by atoms with Crippen molar-refractivity contribution in [3.05, 3.63) is 71.9 Å². The van der Waals surface area contributed by atoms with E-state index in [1.165, 1.54) is 57.0 Å². The molecular weight excluding hydrogens is 456 g/mol. The highest BCUT2D eigenvalue weighted by Gasteiger charge is 2.32. The second-order valence-electron chi connectivity index (χ2n) is 8.32. The number of morpholine rings is 1. The van der Waals surface area contributed by atoms with Crippen molar-refractivity contribution in [2.24, 2.45) is 0 Å². The van der Waals surface area contributed by atoms with E-state index in [2.05, 4.69) is 19.9 Å². The lowest BCUT2D eigenvalue weighted by molar-refractivity contribution is 0.0929. The zero-order valence-electron chi connectivity index (χ0n) is 19.2. The SMILES string of the molecule is COc1nccnc1C(C)(O)c1ccc(F)c(-c2ncnc3cc(N4CCOCC4)cc(F)c23)c1. The van der Waals surface area contributed by atoms with E-state index in [0.717, 1.165) is 0 Å². The molecule has 1 atom stereocenters. The van der Waals surface area contributed by atoms with Crippen molar-refractivity contribution in [1.29, 1.82) is 0 Å². The molecule has 0 bridgehead atoms. The average Bonchev–Trinajstić information content (AvgIpc) is 2.89. The van der Waals surface area contributed by atoms with Gasteiger partial charge in [0, 0.05) is 36.7 Å². The number of hydrogen-bond acceptors (Lipinski definition) is 8. The van der Waals surface area contributed by atoms with Gasteiger partial charge in [0.15, 0.2) is 0 Å². The molecule has 0 radical (unpaired) electrons. The Morgan fingerprint density at radius 3 is 2.54 bits per heavy atom. The van der Waals surface area contributed by atoms with E-state index < -0.39 is 17.2 Å². The molecule has 3 heterocycles. The molecule has 1 aliphatic rings. The Morgan fingerprint density at radius 2 is 1.77 bits per heavy atom. The van der Waals surface area contributed by atoms with Crippen LogP contribution in [0.3, 0.4) is 0 Å². The van der Waals surface area contributed by atoms with Crippen molar-refractivity contribution in [3.63, 3.8) is 0 Å². The molecule has 2 aromatic carbocycles. The van der Waals surface area contributed by atoms with Crippen LogP contribution in [0.5, 0.6) is 5.88 Å². The van der Waals surface area contributed by atoms with Crippen LogP contribution in [0.25, 0.3) is 22.2 Å². The molecule has 1 fully saturated rings. The van der Waals surface area contributed by atoms with E-state index in [1.807, 2.05) is 4.90 Å². The average molecular weight is 479 g/mol. The van der Waals surface area contributed by atoms with E-state index in [-0.39, 0.29) is 28.2 Å². The van der Waals surface area contributed by atoms with Gasteiger partial charge in [-0.1, -0.05) is 6.07 Å². The van der Waals surface area contributed by atoms with Crippen molar-refractivity contribution in [1.82, 2.24) is 19.9 Å². The van der Waals surface area contributed by atoms with Crippen LogP contribution in [0.4, 0.5) is 14.5 Å². The zero-order valence-corrected chi connectivity index (χ0v) is 19.2. The predicted molar refractivity (Wildman–Crippen MR) is 125 cm³/mol. The molecule has 35 heavy (non-hydrogen) atoms. The molecule has 0 amide bonds. The van der Waals surface area contributed by atoms with Gasteiger partial charge in [0.2, 0.25) is 5.88 Å². The molecule has 1 unspecified atom stereocenters. The van der Waals surface area contributed by atoms with Crippen LogP contribution in [0.1, 0.15) is 18.2 Å². The number of fused-ring (bicyclic) bond motifs is 1. The lowest BCUT2D eigenvalue weighted by atomic mass is 9.90. The summed E-state index contributed by atoms with van der Waals surface area (Å²) in [6, 6.07) is 7.24. The van der Waals surface area contributed by atoms with Gasteiger partial charge < -0.3 is 19.5 Å². The van der Waals surface area contributed by atoms with Crippen LogP contribution in [0.15, 0.2) is 49.1 Å². The van der Waals surface area contributed by atoms with E-state index in [4.69, 9.17) is 9.47 Å². The third-order valence-electron chi connectivity index (χ3n) is 6.15. The fourth-order valence-electron chi connectivity index (χ4n) is 4.29. The van der Waals surface area contributed by atoms with Crippen LogP contribution in [0.2, 0.25) is 0 Å². The maximum absolute atomic E-state index is 15.4. The third-order valence-corrected chi connectivity index (χ3v) is 6.15. The molecule has 4 aromatic rings. The smallest absolute Gasteiger partial charge is 0.238 e. The number of aromatic nitrogens is 4.